The fourth-order valence-electron chi connectivity index (χ4n) is 3.61. The Morgan fingerprint density at radius 2 is 2.26 bits per heavy atom. The first-order chi connectivity index (χ1) is 13.0. The van der Waals surface area contributed by atoms with Crippen molar-refractivity contribution in [1.29, 1.82) is 0 Å². The predicted octanol–water partition coefficient (Wildman–Crippen LogP) is 3.18. The average Bonchev–Trinajstić information content (AvgIpc) is 3.23. The Bertz CT molecular complexity index is 978. The summed E-state index contributed by atoms with van der Waals surface area (Å²) in [7, 11) is 1.88. The van der Waals surface area contributed by atoms with Gasteiger partial charge in [-0.25, -0.2) is 14.2 Å². The number of aromatic amines is 1. The first-order valence-electron chi connectivity index (χ1n) is 9.20. The highest BCUT2D eigenvalue weighted by Gasteiger charge is 2.30. The summed E-state index contributed by atoms with van der Waals surface area (Å²) in [6.45, 7) is 3.09. The minimum Gasteiger partial charge on any atom is -0.340 e. The van der Waals surface area contributed by atoms with Crippen LogP contribution >= 0.6 is 0 Å². The summed E-state index contributed by atoms with van der Waals surface area (Å²) in [6.07, 6.45) is 4.60. The lowest BCUT2D eigenvalue weighted by atomic mass is 10.0. The van der Waals surface area contributed by atoms with E-state index >= 15 is 0 Å². The van der Waals surface area contributed by atoms with E-state index in [1.165, 1.54) is 12.1 Å². The molecule has 7 nitrogen and oxygen atoms in total. The number of amides is 2. The number of H-pyrrole nitrogens is 1. The number of benzene rings is 1. The van der Waals surface area contributed by atoms with E-state index in [9.17, 15) is 9.18 Å². The van der Waals surface area contributed by atoms with Crippen molar-refractivity contribution < 1.29 is 9.18 Å². The molecule has 1 saturated heterocycles. The van der Waals surface area contributed by atoms with Crippen molar-refractivity contribution in [2.45, 2.75) is 38.8 Å². The number of aryl methyl sites for hydroxylation is 1. The molecule has 2 N–H and O–H groups in total. The Morgan fingerprint density at radius 1 is 1.41 bits per heavy atom. The number of halogens is 1. The van der Waals surface area contributed by atoms with Gasteiger partial charge in [0.05, 0.1) is 23.3 Å². The van der Waals surface area contributed by atoms with Gasteiger partial charge in [-0.1, -0.05) is 0 Å². The molecule has 1 aliphatic rings. The van der Waals surface area contributed by atoms with E-state index in [1.807, 2.05) is 18.9 Å². The molecule has 8 heteroatoms. The van der Waals surface area contributed by atoms with Gasteiger partial charge in [0.1, 0.15) is 11.6 Å². The molecule has 1 fully saturated rings. The fourth-order valence-corrected chi connectivity index (χ4v) is 3.61. The van der Waals surface area contributed by atoms with Crippen molar-refractivity contribution in [2.24, 2.45) is 7.05 Å². The standard InChI is InChI=1S/C19H23FN6O/c1-12-13(11-22-25(12)2)10-21-19(27)26-8-4-3-5-17(26)18-23-15-7-6-14(20)9-16(15)24-18/h6-7,9,11,17H,3-5,8,10H2,1-2H3,(H,21,27)(H,23,24). The number of aromatic nitrogens is 4. The van der Waals surface area contributed by atoms with Gasteiger partial charge in [0.25, 0.3) is 0 Å². The second kappa shape index (κ2) is 7.02. The van der Waals surface area contributed by atoms with Crippen LogP contribution in [0.1, 0.15) is 42.4 Å². The van der Waals surface area contributed by atoms with Gasteiger partial charge in [0, 0.05) is 31.4 Å². The quantitative estimate of drug-likeness (QED) is 0.743. The van der Waals surface area contributed by atoms with Gasteiger partial charge in [0.15, 0.2) is 0 Å². The number of carbonyl (C=O) groups excluding carboxylic acids is 1. The third-order valence-corrected chi connectivity index (χ3v) is 5.31. The van der Waals surface area contributed by atoms with E-state index in [-0.39, 0.29) is 17.9 Å². The summed E-state index contributed by atoms with van der Waals surface area (Å²) < 4.78 is 15.3. The van der Waals surface area contributed by atoms with Crippen LogP contribution in [0.2, 0.25) is 0 Å². The van der Waals surface area contributed by atoms with E-state index in [1.54, 1.807) is 16.9 Å². The molecule has 0 spiro atoms. The number of carbonyl (C=O) groups is 1. The molecular formula is C19H23FN6O. The number of hydrogen-bond donors (Lipinski definition) is 2. The number of piperidine rings is 1. The second-order valence-corrected chi connectivity index (χ2v) is 7.03. The summed E-state index contributed by atoms with van der Waals surface area (Å²) in [6, 6.07) is 4.24. The van der Waals surface area contributed by atoms with Crippen LogP contribution in [0.5, 0.6) is 0 Å². The molecule has 0 bridgehead atoms. The van der Waals surface area contributed by atoms with Crippen molar-refractivity contribution in [2.75, 3.05) is 6.54 Å². The van der Waals surface area contributed by atoms with E-state index in [0.29, 0.717) is 29.9 Å². The Kier molecular flexibility index (Phi) is 4.55. The Morgan fingerprint density at radius 3 is 3.04 bits per heavy atom. The Labute approximate surface area is 156 Å². The number of urea groups is 1. The molecule has 142 valence electrons. The summed E-state index contributed by atoms with van der Waals surface area (Å²) in [5.41, 5.74) is 3.40. The lowest BCUT2D eigenvalue weighted by Crippen LogP contribution is -2.44. The topological polar surface area (TPSA) is 78.8 Å². The van der Waals surface area contributed by atoms with Crippen molar-refractivity contribution in [3.8, 4) is 0 Å². The maximum atomic E-state index is 13.5. The molecule has 2 amide bonds. The monoisotopic (exact) mass is 370 g/mol. The van der Waals surface area contributed by atoms with Gasteiger partial charge in [-0.3, -0.25) is 4.68 Å². The van der Waals surface area contributed by atoms with Gasteiger partial charge in [-0.2, -0.15) is 5.10 Å². The van der Waals surface area contributed by atoms with Crippen LogP contribution in [-0.2, 0) is 13.6 Å². The molecular weight excluding hydrogens is 347 g/mol. The van der Waals surface area contributed by atoms with Gasteiger partial charge in [-0.05, 0) is 44.4 Å². The van der Waals surface area contributed by atoms with E-state index < -0.39 is 0 Å². The van der Waals surface area contributed by atoms with E-state index in [2.05, 4.69) is 20.4 Å². The normalized spacial score (nSPS) is 17.4. The van der Waals surface area contributed by atoms with Crippen molar-refractivity contribution in [1.82, 2.24) is 30.0 Å². The van der Waals surface area contributed by atoms with E-state index in [0.717, 1.165) is 30.5 Å². The van der Waals surface area contributed by atoms with Crippen molar-refractivity contribution >= 4 is 17.1 Å². The summed E-state index contributed by atoms with van der Waals surface area (Å²) >= 11 is 0. The first-order valence-corrected chi connectivity index (χ1v) is 9.20. The predicted molar refractivity (Wildman–Crippen MR) is 99.5 cm³/mol. The molecule has 1 aliphatic heterocycles. The number of nitrogens with one attached hydrogen (secondary N) is 2. The maximum absolute atomic E-state index is 13.5. The number of hydrogen-bond acceptors (Lipinski definition) is 3. The van der Waals surface area contributed by atoms with Gasteiger partial charge in [-0.15, -0.1) is 0 Å². The van der Waals surface area contributed by atoms with Crippen LogP contribution in [0.15, 0.2) is 24.4 Å². The largest absolute Gasteiger partial charge is 0.340 e. The van der Waals surface area contributed by atoms with Crippen LogP contribution in [0.3, 0.4) is 0 Å². The maximum Gasteiger partial charge on any atom is 0.318 e. The Balaban J connectivity index is 1.52. The first kappa shape index (κ1) is 17.5. The minimum atomic E-state index is -0.303. The smallest absolute Gasteiger partial charge is 0.318 e. The zero-order valence-electron chi connectivity index (χ0n) is 15.5. The molecule has 0 aliphatic carbocycles. The average molecular weight is 370 g/mol. The SMILES string of the molecule is Cc1c(CNC(=O)N2CCCCC2c2nc3ccc(F)cc3[nH]2)cnn1C. The minimum absolute atomic E-state index is 0.116. The zero-order chi connectivity index (χ0) is 19.0. The highest BCUT2D eigenvalue weighted by atomic mass is 19.1. The lowest BCUT2D eigenvalue weighted by Gasteiger charge is -2.34. The van der Waals surface area contributed by atoms with Gasteiger partial charge in [0.2, 0.25) is 0 Å². The summed E-state index contributed by atoms with van der Waals surface area (Å²) in [5.74, 6) is 0.408. The molecule has 27 heavy (non-hydrogen) atoms. The fraction of sp³-hybridized carbons (Fsp3) is 0.421. The molecule has 0 saturated carbocycles. The van der Waals surface area contributed by atoms with Crippen LogP contribution in [-0.4, -0.2) is 37.2 Å². The third kappa shape index (κ3) is 3.39. The molecule has 1 unspecified atom stereocenters. The van der Waals surface area contributed by atoms with Crippen LogP contribution in [0.25, 0.3) is 11.0 Å². The van der Waals surface area contributed by atoms with E-state index in [4.69, 9.17) is 0 Å². The highest BCUT2D eigenvalue weighted by molar-refractivity contribution is 5.77. The summed E-state index contributed by atoms with van der Waals surface area (Å²) in [4.78, 5) is 22.4. The zero-order valence-corrected chi connectivity index (χ0v) is 15.5. The van der Waals surface area contributed by atoms with Crippen LogP contribution in [0.4, 0.5) is 9.18 Å². The lowest BCUT2D eigenvalue weighted by molar-refractivity contribution is 0.147. The molecule has 3 heterocycles. The molecule has 0 radical (unpaired) electrons. The van der Waals surface area contributed by atoms with Crippen molar-refractivity contribution in [3.05, 3.63) is 47.3 Å². The Hall–Kier alpha value is -2.90. The number of likely N-dealkylation sites (tertiary alicyclic amines) is 1. The molecule has 4 rings (SSSR count). The van der Waals surface area contributed by atoms with Crippen molar-refractivity contribution in [3.63, 3.8) is 0 Å². The van der Waals surface area contributed by atoms with Gasteiger partial charge >= 0.3 is 6.03 Å². The number of nitrogens with zero attached hydrogens (tertiary/aromatic N) is 4. The number of fused-ring (bicyclic) bond motifs is 1. The molecule has 2 aromatic heterocycles. The van der Waals surface area contributed by atoms with Gasteiger partial charge < -0.3 is 15.2 Å². The molecule has 3 aromatic rings. The third-order valence-electron chi connectivity index (χ3n) is 5.31. The highest BCUT2D eigenvalue weighted by Crippen LogP contribution is 2.30. The molecule has 1 atom stereocenters. The second-order valence-electron chi connectivity index (χ2n) is 7.03. The molecule has 1 aromatic carbocycles. The van der Waals surface area contributed by atoms with Crippen LogP contribution in [0, 0.1) is 12.7 Å². The number of rotatable bonds is 3. The van der Waals surface area contributed by atoms with Crippen LogP contribution < -0.4 is 5.32 Å². The summed E-state index contributed by atoms with van der Waals surface area (Å²) in [5, 5.41) is 7.20. The number of imidazole rings is 1.